The van der Waals surface area contributed by atoms with Crippen LogP contribution in [0, 0.1) is 0 Å². The van der Waals surface area contributed by atoms with E-state index in [9.17, 15) is 0 Å². The summed E-state index contributed by atoms with van der Waals surface area (Å²) >= 11 is -4.12. The Morgan fingerprint density at radius 2 is 1.29 bits per heavy atom. The molecule has 2 rings (SSSR count). The molecule has 0 bridgehead atoms. The first-order valence-electron chi connectivity index (χ1n) is 10.1. The van der Waals surface area contributed by atoms with Crippen molar-refractivity contribution in [2.24, 2.45) is 0 Å². The van der Waals surface area contributed by atoms with Gasteiger partial charge < -0.3 is 0 Å². The Labute approximate surface area is 155 Å². The van der Waals surface area contributed by atoms with Crippen LogP contribution in [-0.4, -0.2) is 26.5 Å². The molecule has 0 spiro atoms. The van der Waals surface area contributed by atoms with Gasteiger partial charge in [-0.05, 0) is 0 Å². The van der Waals surface area contributed by atoms with E-state index in [1.54, 1.807) is 5.56 Å². The molecule has 0 atom stereocenters. The molecule has 132 valence electrons. The van der Waals surface area contributed by atoms with Crippen LogP contribution in [0.3, 0.4) is 0 Å². The molecule has 1 heterocycles. The number of rotatable bonds is 8. The van der Waals surface area contributed by atoms with Crippen LogP contribution >= 0.6 is 0 Å². The van der Waals surface area contributed by atoms with Crippen molar-refractivity contribution in [2.75, 3.05) is 0 Å². The van der Waals surface area contributed by atoms with E-state index in [4.69, 9.17) is 0 Å². The predicted octanol–water partition coefficient (Wildman–Crippen LogP) is 7.33. The van der Waals surface area contributed by atoms with Crippen LogP contribution in [0.5, 0.6) is 0 Å². The zero-order valence-electron chi connectivity index (χ0n) is 16.5. The molecule has 0 N–H and O–H groups in total. The van der Waals surface area contributed by atoms with Crippen LogP contribution in [-0.2, 0) is 0 Å². The molecule has 1 aliphatic rings. The van der Waals surface area contributed by atoms with E-state index in [-0.39, 0.29) is 0 Å². The van der Waals surface area contributed by atoms with Gasteiger partial charge in [0.2, 0.25) is 0 Å². The molecule has 0 saturated heterocycles. The van der Waals surface area contributed by atoms with E-state index in [2.05, 4.69) is 74.8 Å². The monoisotopic (exact) mass is 448 g/mol. The van der Waals surface area contributed by atoms with Crippen molar-refractivity contribution < 1.29 is 0 Å². The zero-order valence-corrected chi connectivity index (χ0v) is 20.7. The van der Waals surface area contributed by atoms with Gasteiger partial charge in [-0.25, -0.2) is 0 Å². The average molecular weight is 446 g/mol. The molecular weight excluding hydrogens is 409 g/mol. The number of hydrogen-bond donors (Lipinski definition) is 0. The van der Waals surface area contributed by atoms with E-state index in [0.29, 0.717) is 0 Å². The zero-order chi connectivity index (χ0) is 17.6. The molecule has 2 heteroatoms. The molecule has 0 aromatic heterocycles. The van der Waals surface area contributed by atoms with Gasteiger partial charge in [0.1, 0.15) is 0 Å². The van der Waals surface area contributed by atoms with Gasteiger partial charge in [0.25, 0.3) is 0 Å². The summed E-state index contributed by atoms with van der Waals surface area (Å²) in [7, 11) is 0. The first kappa shape index (κ1) is 20.1. The van der Waals surface area contributed by atoms with Crippen molar-refractivity contribution in [1.82, 2.24) is 0 Å². The second-order valence-electron chi connectivity index (χ2n) is 7.42. The van der Waals surface area contributed by atoms with Crippen molar-refractivity contribution in [3.8, 4) is 0 Å². The standard InChI is InChI=1S/C22H36Ge2/c1-6-11-17-21-18-24(9-4,10-5)22(19-23(21,7-2)8-3)20-15-13-12-14-16-20/h12-16,18-19H,6-11,17H2,1-5H3. The molecule has 0 saturated carbocycles. The summed E-state index contributed by atoms with van der Waals surface area (Å²) in [6.45, 7) is 12.2. The van der Waals surface area contributed by atoms with E-state index < -0.39 is 26.5 Å². The first-order chi connectivity index (χ1) is 11.6. The van der Waals surface area contributed by atoms with Crippen molar-refractivity contribution in [1.29, 1.82) is 0 Å². The van der Waals surface area contributed by atoms with Gasteiger partial charge in [-0.1, -0.05) is 0 Å². The second kappa shape index (κ2) is 8.94. The SMILES string of the molecule is CCCC[C]1=[CH][Ge]([CH2]C)([CH2]C)[C](c2ccccc2)=[CH][Ge]1([CH2]C)[CH2]C. The Bertz CT molecular complexity index is 575. The van der Waals surface area contributed by atoms with Crippen LogP contribution in [0.15, 0.2) is 44.6 Å². The van der Waals surface area contributed by atoms with Gasteiger partial charge in [0.05, 0.1) is 0 Å². The predicted molar refractivity (Wildman–Crippen MR) is 115 cm³/mol. The molecule has 0 nitrogen and oxygen atoms in total. The van der Waals surface area contributed by atoms with E-state index in [1.807, 2.05) is 8.81 Å². The minimum atomic E-state index is -2.10. The average Bonchev–Trinajstić information content (AvgIpc) is 2.66. The Morgan fingerprint density at radius 3 is 1.79 bits per heavy atom. The Hall–Kier alpha value is -0.214. The fraction of sp³-hybridized carbons (Fsp3) is 0.545. The molecule has 24 heavy (non-hydrogen) atoms. The third-order valence-electron chi connectivity index (χ3n) is 6.46. The first-order valence-corrected chi connectivity index (χ1v) is 20.6. The van der Waals surface area contributed by atoms with Crippen LogP contribution in [0.2, 0.25) is 21.0 Å². The molecule has 0 unspecified atom stereocenters. The van der Waals surface area contributed by atoms with Crippen LogP contribution in [0.1, 0.15) is 59.4 Å². The summed E-state index contributed by atoms with van der Waals surface area (Å²) in [4.78, 5) is 5.90. The van der Waals surface area contributed by atoms with Gasteiger partial charge in [0.15, 0.2) is 0 Å². The molecular formula is C22H36Ge2. The quantitative estimate of drug-likeness (QED) is 0.367. The van der Waals surface area contributed by atoms with Gasteiger partial charge in [0, 0.05) is 0 Å². The topological polar surface area (TPSA) is 0 Å². The molecule has 0 radical (unpaired) electrons. The molecule has 0 aliphatic carbocycles. The van der Waals surface area contributed by atoms with E-state index >= 15 is 0 Å². The van der Waals surface area contributed by atoms with Crippen molar-refractivity contribution in [3.63, 3.8) is 0 Å². The molecule has 1 aromatic rings. The molecule has 1 aromatic carbocycles. The van der Waals surface area contributed by atoms with Crippen molar-refractivity contribution in [3.05, 3.63) is 50.1 Å². The summed E-state index contributed by atoms with van der Waals surface area (Å²) in [5.74, 6) is 0. The third kappa shape index (κ3) is 3.80. The summed E-state index contributed by atoms with van der Waals surface area (Å²) in [6.07, 6.45) is 4.11. The van der Waals surface area contributed by atoms with Gasteiger partial charge in [-0.3, -0.25) is 0 Å². The van der Waals surface area contributed by atoms with Crippen molar-refractivity contribution >= 4 is 30.9 Å². The Balaban J connectivity index is 2.61. The van der Waals surface area contributed by atoms with Gasteiger partial charge >= 0.3 is 156 Å². The number of hydrogen-bond acceptors (Lipinski definition) is 0. The van der Waals surface area contributed by atoms with Gasteiger partial charge in [-0.2, -0.15) is 0 Å². The number of unbranched alkanes of at least 4 members (excludes halogenated alkanes) is 1. The molecule has 1 aliphatic heterocycles. The van der Waals surface area contributed by atoms with E-state index in [1.165, 1.54) is 40.3 Å². The molecule has 0 fully saturated rings. The Morgan fingerprint density at radius 1 is 0.708 bits per heavy atom. The number of allylic oxidation sites excluding steroid dienone is 1. The van der Waals surface area contributed by atoms with Gasteiger partial charge in [-0.15, -0.1) is 0 Å². The third-order valence-corrected chi connectivity index (χ3v) is 29.9. The number of benzene rings is 1. The summed E-state index contributed by atoms with van der Waals surface area (Å²) in [5.41, 5.74) is 1.55. The molecule has 0 amide bonds. The van der Waals surface area contributed by atoms with Crippen LogP contribution in [0.25, 0.3) is 4.41 Å². The minimum absolute atomic E-state index is 1.33. The maximum atomic E-state index is 2.96. The van der Waals surface area contributed by atoms with E-state index in [0.717, 1.165) is 0 Å². The maximum absolute atomic E-state index is 2.96. The fourth-order valence-corrected chi connectivity index (χ4v) is 32.2. The summed E-state index contributed by atoms with van der Waals surface area (Å²) in [6, 6.07) is 11.4. The summed E-state index contributed by atoms with van der Waals surface area (Å²) in [5, 5.41) is 5.65. The second-order valence-corrected chi connectivity index (χ2v) is 26.7. The Kier molecular flexibility index (Phi) is 7.49. The van der Waals surface area contributed by atoms with Crippen LogP contribution < -0.4 is 0 Å². The summed E-state index contributed by atoms with van der Waals surface area (Å²) < 4.78 is 3.81. The van der Waals surface area contributed by atoms with Crippen LogP contribution in [0.4, 0.5) is 0 Å². The van der Waals surface area contributed by atoms with Crippen molar-refractivity contribution in [2.45, 2.75) is 74.9 Å². The fourth-order valence-electron chi connectivity index (χ4n) is 4.49. The normalized spacial score (nSPS) is 18.9.